The average Bonchev–Trinajstić information content (AvgIpc) is 2.58. The van der Waals surface area contributed by atoms with Crippen molar-refractivity contribution in [1.29, 1.82) is 0 Å². The van der Waals surface area contributed by atoms with E-state index in [0.717, 1.165) is 40.2 Å². The molecule has 1 atom stereocenters. The molecule has 0 saturated carbocycles. The van der Waals surface area contributed by atoms with Gasteiger partial charge in [-0.2, -0.15) is 0 Å². The molecule has 3 rings (SSSR count). The standard InChI is InChI=1S/C20H24N2O2/c1-5-16-12-22(18-11-13(2)9-10-19(18)24-16)20(23)21-17-8-6-7-14(3)15(17)4/h6-11,16H,5,12H2,1-4H3,(H,21,23). The molecule has 24 heavy (non-hydrogen) atoms. The van der Waals surface area contributed by atoms with Crippen molar-refractivity contribution in [2.75, 3.05) is 16.8 Å². The van der Waals surface area contributed by atoms with Crippen molar-refractivity contribution in [3.8, 4) is 5.75 Å². The van der Waals surface area contributed by atoms with Crippen molar-refractivity contribution in [2.45, 2.75) is 40.2 Å². The zero-order valence-corrected chi connectivity index (χ0v) is 14.7. The van der Waals surface area contributed by atoms with Crippen LogP contribution in [0.2, 0.25) is 0 Å². The topological polar surface area (TPSA) is 41.6 Å². The molecule has 4 nitrogen and oxygen atoms in total. The molecule has 4 heteroatoms. The Kier molecular flexibility index (Phi) is 4.47. The fourth-order valence-corrected chi connectivity index (χ4v) is 2.93. The summed E-state index contributed by atoms with van der Waals surface area (Å²) in [6, 6.07) is 11.8. The van der Waals surface area contributed by atoms with Gasteiger partial charge in [-0.1, -0.05) is 25.1 Å². The molecule has 2 aromatic rings. The average molecular weight is 324 g/mol. The molecular formula is C20H24N2O2. The molecule has 1 N–H and O–H groups in total. The normalized spacial score (nSPS) is 16.3. The number of hydrogen-bond donors (Lipinski definition) is 1. The van der Waals surface area contributed by atoms with Gasteiger partial charge in [0.2, 0.25) is 0 Å². The maximum Gasteiger partial charge on any atom is 0.326 e. The summed E-state index contributed by atoms with van der Waals surface area (Å²) in [5.41, 5.74) is 5.06. The first-order valence-electron chi connectivity index (χ1n) is 8.41. The number of aryl methyl sites for hydroxylation is 2. The van der Waals surface area contributed by atoms with Crippen molar-refractivity contribution >= 4 is 17.4 Å². The molecule has 0 radical (unpaired) electrons. The summed E-state index contributed by atoms with van der Waals surface area (Å²) in [5.74, 6) is 0.773. The molecule has 1 aliphatic heterocycles. The van der Waals surface area contributed by atoms with Crippen LogP contribution in [0.1, 0.15) is 30.0 Å². The van der Waals surface area contributed by atoms with Crippen LogP contribution >= 0.6 is 0 Å². The van der Waals surface area contributed by atoms with Gasteiger partial charge in [-0.25, -0.2) is 4.79 Å². The highest BCUT2D eigenvalue weighted by Crippen LogP contribution is 2.35. The molecule has 126 valence electrons. The minimum absolute atomic E-state index is 0.0181. The van der Waals surface area contributed by atoms with Crippen molar-refractivity contribution in [3.63, 3.8) is 0 Å². The first-order valence-corrected chi connectivity index (χ1v) is 8.41. The number of rotatable bonds is 2. The molecule has 0 spiro atoms. The predicted octanol–water partition coefficient (Wildman–Crippen LogP) is 4.82. The second kappa shape index (κ2) is 6.56. The number of nitrogens with zero attached hydrogens (tertiary/aromatic N) is 1. The van der Waals surface area contributed by atoms with Crippen LogP contribution in [0.25, 0.3) is 0 Å². The van der Waals surface area contributed by atoms with Gasteiger partial charge in [0.15, 0.2) is 0 Å². The molecule has 2 aromatic carbocycles. The van der Waals surface area contributed by atoms with Crippen LogP contribution in [-0.2, 0) is 0 Å². The van der Waals surface area contributed by atoms with E-state index in [4.69, 9.17) is 4.74 Å². The van der Waals surface area contributed by atoms with Crippen LogP contribution in [0, 0.1) is 20.8 Å². The van der Waals surface area contributed by atoms with Gasteiger partial charge in [0, 0.05) is 5.69 Å². The number of benzene rings is 2. The first-order chi connectivity index (χ1) is 11.5. The maximum atomic E-state index is 12.9. The molecule has 2 amide bonds. The number of hydrogen-bond acceptors (Lipinski definition) is 2. The fraction of sp³-hybridized carbons (Fsp3) is 0.350. The van der Waals surface area contributed by atoms with Gasteiger partial charge in [0.25, 0.3) is 0 Å². The highest BCUT2D eigenvalue weighted by molar-refractivity contribution is 6.03. The Balaban J connectivity index is 1.91. The number of anilines is 2. The number of carbonyl (C=O) groups is 1. The molecule has 1 unspecified atom stereocenters. The summed E-state index contributed by atoms with van der Waals surface area (Å²) in [7, 11) is 0. The van der Waals surface area contributed by atoms with E-state index in [1.165, 1.54) is 0 Å². The lowest BCUT2D eigenvalue weighted by atomic mass is 10.1. The molecule has 0 aromatic heterocycles. The minimum Gasteiger partial charge on any atom is -0.486 e. The first kappa shape index (κ1) is 16.4. The molecule has 0 fully saturated rings. The quantitative estimate of drug-likeness (QED) is 0.860. The molecule has 0 bridgehead atoms. The third-order valence-corrected chi connectivity index (χ3v) is 4.63. The van der Waals surface area contributed by atoms with Gasteiger partial charge < -0.3 is 10.1 Å². The Morgan fingerprint density at radius 2 is 2.04 bits per heavy atom. The number of ether oxygens (including phenoxy) is 1. The zero-order chi connectivity index (χ0) is 17.3. The third-order valence-electron chi connectivity index (χ3n) is 4.63. The van der Waals surface area contributed by atoms with Crippen molar-refractivity contribution < 1.29 is 9.53 Å². The van der Waals surface area contributed by atoms with Crippen molar-refractivity contribution in [3.05, 3.63) is 53.1 Å². The van der Waals surface area contributed by atoms with Gasteiger partial charge in [-0.05, 0) is 62.1 Å². The van der Waals surface area contributed by atoms with Crippen LogP contribution in [0.3, 0.4) is 0 Å². The lowest BCUT2D eigenvalue weighted by Crippen LogP contribution is -2.45. The Morgan fingerprint density at radius 3 is 2.79 bits per heavy atom. The van der Waals surface area contributed by atoms with Crippen LogP contribution in [0.4, 0.5) is 16.2 Å². The number of fused-ring (bicyclic) bond motifs is 1. The van der Waals surface area contributed by atoms with E-state index in [1.807, 2.05) is 57.2 Å². The number of urea groups is 1. The van der Waals surface area contributed by atoms with Crippen molar-refractivity contribution in [2.24, 2.45) is 0 Å². The van der Waals surface area contributed by atoms with Gasteiger partial charge in [-0.3, -0.25) is 4.90 Å². The van der Waals surface area contributed by atoms with Gasteiger partial charge in [0.05, 0.1) is 12.2 Å². The molecular weight excluding hydrogens is 300 g/mol. The van der Waals surface area contributed by atoms with E-state index in [-0.39, 0.29) is 12.1 Å². The summed E-state index contributed by atoms with van der Waals surface area (Å²) in [5, 5.41) is 3.06. The summed E-state index contributed by atoms with van der Waals surface area (Å²) in [6.45, 7) is 8.73. The van der Waals surface area contributed by atoms with E-state index in [9.17, 15) is 4.79 Å². The highest BCUT2D eigenvalue weighted by atomic mass is 16.5. The Labute approximate surface area is 143 Å². The minimum atomic E-state index is -0.114. The zero-order valence-electron chi connectivity index (χ0n) is 14.7. The van der Waals surface area contributed by atoms with Crippen LogP contribution < -0.4 is 15.0 Å². The van der Waals surface area contributed by atoms with E-state index in [1.54, 1.807) is 4.90 Å². The second-order valence-corrected chi connectivity index (χ2v) is 6.41. The fourth-order valence-electron chi connectivity index (χ4n) is 2.93. The summed E-state index contributed by atoms with van der Waals surface area (Å²) in [4.78, 5) is 14.7. The Hall–Kier alpha value is -2.49. The monoisotopic (exact) mass is 324 g/mol. The molecule has 0 aliphatic carbocycles. The van der Waals surface area contributed by atoms with Gasteiger partial charge >= 0.3 is 6.03 Å². The Bertz CT molecular complexity index is 770. The highest BCUT2D eigenvalue weighted by Gasteiger charge is 2.29. The lowest BCUT2D eigenvalue weighted by molar-refractivity contribution is 0.188. The molecule has 1 aliphatic rings. The molecule has 0 saturated heterocycles. The number of carbonyl (C=O) groups excluding carboxylic acids is 1. The van der Waals surface area contributed by atoms with Crippen LogP contribution in [0.15, 0.2) is 36.4 Å². The van der Waals surface area contributed by atoms with E-state index < -0.39 is 0 Å². The van der Waals surface area contributed by atoms with Crippen LogP contribution in [0.5, 0.6) is 5.75 Å². The van der Waals surface area contributed by atoms with Crippen LogP contribution in [-0.4, -0.2) is 18.7 Å². The number of amides is 2. The predicted molar refractivity (Wildman–Crippen MR) is 98.2 cm³/mol. The summed E-state index contributed by atoms with van der Waals surface area (Å²) in [6.07, 6.45) is 0.880. The summed E-state index contributed by atoms with van der Waals surface area (Å²) < 4.78 is 5.99. The third kappa shape index (κ3) is 3.09. The largest absolute Gasteiger partial charge is 0.486 e. The van der Waals surface area contributed by atoms with E-state index in [0.29, 0.717) is 6.54 Å². The van der Waals surface area contributed by atoms with Gasteiger partial charge in [0.1, 0.15) is 11.9 Å². The lowest BCUT2D eigenvalue weighted by Gasteiger charge is -2.35. The number of nitrogens with one attached hydrogen (secondary N) is 1. The smallest absolute Gasteiger partial charge is 0.326 e. The van der Waals surface area contributed by atoms with Gasteiger partial charge in [-0.15, -0.1) is 0 Å². The van der Waals surface area contributed by atoms with E-state index in [2.05, 4.69) is 12.2 Å². The second-order valence-electron chi connectivity index (χ2n) is 6.41. The maximum absolute atomic E-state index is 12.9. The molecule has 1 heterocycles. The van der Waals surface area contributed by atoms with E-state index >= 15 is 0 Å². The SMILES string of the molecule is CCC1CN(C(=O)Nc2cccc(C)c2C)c2cc(C)ccc2O1. The van der Waals surface area contributed by atoms with Crippen molar-refractivity contribution in [1.82, 2.24) is 0 Å². The summed E-state index contributed by atoms with van der Waals surface area (Å²) >= 11 is 0. The Morgan fingerprint density at radius 1 is 1.25 bits per heavy atom.